The lowest BCUT2D eigenvalue weighted by molar-refractivity contribution is -0.384. The van der Waals surface area contributed by atoms with Gasteiger partial charge in [-0.05, 0) is 17.7 Å². The van der Waals surface area contributed by atoms with Crippen LogP contribution < -0.4 is 5.43 Å². The van der Waals surface area contributed by atoms with Crippen LogP contribution in [0.4, 0.5) is 11.4 Å². The Morgan fingerprint density at radius 3 is 2.38 bits per heavy atom. The molecule has 0 aliphatic rings. The molecule has 0 spiro atoms. The number of benzene rings is 2. The molecule has 0 aliphatic carbocycles. The number of hydrogen-bond acceptors (Lipinski definition) is 6. The Hall–Kier alpha value is -2.78. The van der Waals surface area contributed by atoms with Crippen LogP contribution in [0, 0.1) is 10.1 Å². The topological polar surface area (TPSA) is 105 Å². The predicted molar refractivity (Wildman–Crippen MR) is 101 cm³/mol. The van der Waals surface area contributed by atoms with Gasteiger partial charge < -0.3 is 0 Å². The normalized spacial score (nSPS) is 11.8. The van der Waals surface area contributed by atoms with Gasteiger partial charge in [0.2, 0.25) is 10.0 Å². The number of anilines is 1. The second-order valence-corrected chi connectivity index (χ2v) is 7.24. The molecule has 8 nitrogen and oxygen atoms in total. The Kier molecular flexibility index (Phi) is 6.42. The Morgan fingerprint density at radius 2 is 1.81 bits per heavy atom. The van der Waals surface area contributed by atoms with E-state index in [0.717, 1.165) is 11.6 Å². The molecule has 0 atom stereocenters. The average molecular weight is 376 g/mol. The van der Waals surface area contributed by atoms with Crippen LogP contribution in [0.3, 0.4) is 0 Å². The van der Waals surface area contributed by atoms with Gasteiger partial charge in [0.05, 0.1) is 16.0 Å². The molecule has 0 amide bonds. The standard InChI is InChI=1S/C17H20N4O4S/c1-3-20(4-2)26(24,25)15-10-11-16(17(12-15)21(22)23)19-18-13-14-8-6-5-7-9-14/h5-13,19H,3-4H2,1-2H3. The minimum Gasteiger partial charge on any atom is -0.272 e. The molecule has 0 heterocycles. The van der Waals surface area contributed by atoms with Crippen LogP contribution >= 0.6 is 0 Å². The smallest absolute Gasteiger partial charge is 0.272 e. The quantitative estimate of drug-likeness (QED) is 0.433. The summed E-state index contributed by atoms with van der Waals surface area (Å²) in [7, 11) is -3.77. The monoisotopic (exact) mass is 376 g/mol. The van der Waals surface area contributed by atoms with Gasteiger partial charge in [0.15, 0.2) is 0 Å². The first-order valence-electron chi connectivity index (χ1n) is 8.02. The summed E-state index contributed by atoms with van der Waals surface area (Å²) in [4.78, 5) is 10.6. The summed E-state index contributed by atoms with van der Waals surface area (Å²) >= 11 is 0. The van der Waals surface area contributed by atoms with Crippen LogP contribution in [-0.2, 0) is 10.0 Å². The maximum atomic E-state index is 12.5. The summed E-state index contributed by atoms with van der Waals surface area (Å²) in [5.41, 5.74) is 3.17. The zero-order valence-corrected chi connectivity index (χ0v) is 15.3. The summed E-state index contributed by atoms with van der Waals surface area (Å²) in [5, 5.41) is 15.3. The highest BCUT2D eigenvalue weighted by molar-refractivity contribution is 7.89. The van der Waals surface area contributed by atoms with E-state index < -0.39 is 14.9 Å². The number of hydrogen-bond donors (Lipinski definition) is 1. The number of nitro benzene ring substituents is 1. The van der Waals surface area contributed by atoms with Crippen molar-refractivity contribution >= 4 is 27.6 Å². The lowest BCUT2D eigenvalue weighted by atomic mass is 10.2. The number of nitrogens with one attached hydrogen (secondary N) is 1. The number of rotatable bonds is 8. The fourth-order valence-electron chi connectivity index (χ4n) is 2.35. The third-order valence-electron chi connectivity index (χ3n) is 3.71. The summed E-state index contributed by atoms with van der Waals surface area (Å²) in [6.07, 6.45) is 1.52. The zero-order valence-electron chi connectivity index (χ0n) is 14.5. The molecule has 26 heavy (non-hydrogen) atoms. The first kappa shape index (κ1) is 19.5. The molecule has 2 aromatic carbocycles. The Morgan fingerprint density at radius 1 is 1.15 bits per heavy atom. The minimum atomic E-state index is -3.77. The molecule has 0 saturated heterocycles. The lowest BCUT2D eigenvalue weighted by Crippen LogP contribution is -2.30. The van der Waals surface area contributed by atoms with E-state index in [1.165, 1.54) is 22.7 Å². The molecule has 0 fully saturated rings. The highest BCUT2D eigenvalue weighted by Crippen LogP contribution is 2.29. The maximum absolute atomic E-state index is 12.5. The van der Waals surface area contributed by atoms with Crippen molar-refractivity contribution in [3.63, 3.8) is 0 Å². The molecule has 0 aromatic heterocycles. The third kappa shape index (κ3) is 4.44. The Balaban J connectivity index is 2.32. The van der Waals surface area contributed by atoms with Gasteiger partial charge in [-0.3, -0.25) is 15.5 Å². The first-order valence-corrected chi connectivity index (χ1v) is 9.46. The van der Waals surface area contributed by atoms with E-state index >= 15 is 0 Å². The average Bonchev–Trinajstić information content (AvgIpc) is 2.63. The van der Waals surface area contributed by atoms with Crippen molar-refractivity contribution in [2.45, 2.75) is 18.7 Å². The van der Waals surface area contributed by atoms with Crippen molar-refractivity contribution in [2.24, 2.45) is 5.10 Å². The molecule has 0 aliphatic heterocycles. The lowest BCUT2D eigenvalue weighted by Gasteiger charge is -2.18. The highest BCUT2D eigenvalue weighted by Gasteiger charge is 2.25. The summed E-state index contributed by atoms with van der Waals surface area (Å²) in [6, 6.07) is 12.9. The number of hydrazone groups is 1. The maximum Gasteiger partial charge on any atom is 0.295 e. The third-order valence-corrected chi connectivity index (χ3v) is 5.75. The van der Waals surface area contributed by atoms with Gasteiger partial charge in [0.25, 0.3) is 5.69 Å². The van der Waals surface area contributed by atoms with Gasteiger partial charge >= 0.3 is 0 Å². The molecule has 138 valence electrons. The predicted octanol–water partition coefficient (Wildman–Crippen LogP) is 3.07. The summed E-state index contributed by atoms with van der Waals surface area (Å²) in [5.74, 6) is 0. The Labute approximate surface area is 152 Å². The van der Waals surface area contributed by atoms with Gasteiger partial charge in [-0.25, -0.2) is 8.42 Å². The van der Waals surface area contributed by atoms with Crippen LogP contribution in [0.25, 0.3) is 0 Å². The summed E-state index contributed by atoms with van der Waals surface area (Å²) < 4.78 is 26.3. The Bertz CT molecular complexity index is 894. The molecule has 0 bridgehead atoms. The SMILES string of the molecule is CCN(CC)S(=O)(=O)c1ccc(NN=Cc2ccccc2)c([N+](=O)[O-])c1. The fraction of sp³-hybridized carbons (Fsp3) is 0.235. The van der Waals surface area contributed by atoms with Crippen LogP contribution in [0.5, 0.6) is 0 Å². The second kappa shape index (κ2) is 8.54. The van der Waals surface area contributed by atoms with E-state index in [0.29, 0.717) is 0 Å². The van der Waals surface area contributed by atoms with E-state index in [-0.39, 0.29) is 29.4 Å². The number of sulfonamides is 1. The molecule has 2 rings (SSSR count). The van der Waals surface area contributed by atoms with Gasteiger partial charge in [-0.15, -0.1) is 0 Å². The molecule has 1 N–H and O–H groups in total. The van der Waals surface area contributed by atoms with Crippen molar-refractivity contribution < 1.29 is 13.3 Å². The first-order chi connectivity index (χ1) is 12.4. The molecular formula is C17H20N4O4S. The van der Waals surface area contributed by atoms with Crippen LogP contribution in [0.15, 0.2) is 58.5 Å². The van der Waals surface area contributed by atoms with Gasteiger partial charge in [-0.1, -0.05) is 44.2 Å². The van der Waals surface area contributed by atoms with Crippen molar-refractivity contribution in [1.29, 1.82) is 0 Å². The van der Waals surface area contributed by atoms with Crippen molar-refractivity contribution in [2.75, 3.05) is 18.5 Å². The molecule has 2 aromatic rings. The zero-order chi connectivity index (χ0) is 19.2. The molecule has 0 saturated carbocycles. The van der Waals surface area contributed by atoms with Crippen molar-refractivity contribution in [1.82, 2.24) is 4.31 Å². The van der Waals surface area contributed by atoms with Gasteiger partial charge in [0.1, 0.15) is 5.69 Å². The van der Waals surface area contributed by atoms with E-state index in [4.69, 9.17) is 0 Å². The van der Waals surface area contributed by atoms with Crippen molar-refractivity contribution in [3.8, 4) is 0 Å². The summed E-state index contributed by atoms with van der Waals surface area (Å²) in [6.45, 7) is 4.00. The molecule has 0 unspecified atom stereocenters. The van der Waals surface area contributed by atoms with E-state index in [2.05, 4.69) is 10.5 Å². The second-order valence-electron chi connectivity index (χ2n) is 5.31. The molecule has 0 radical (unpaired) electrons. The highest BCUT2D eigenvalue weighted by atomic mass is 32.2. The van der Waals surface area contributed by atoms with Crippen LogP contribution in [-0.4, -0.2) is 37.0 Å². The molecule has 9 heteroatoms. The van der Waals surface area contributed by atoms with E-state index in [1.807, 2.05) is 30.3 Å². The van der Waals surface area contributed by atoms with Crippen LogP contribution in [0.1, 0.15) is 19.4 Å². The van der Waals surface area contributed by atoms with E-state index in [9.17, 15) is 18.5 Å². The minimum absolute atomic E-state index is 0.112. The van der Waals surface area contributed by atoms with Crippen molar-refractivity contribution in [3.05, 3.63) is 64.2 Å². The largest absolute Gasteiger partial charge is 0.295 e. The van der Waals surface area contributed by atoms with E-state index in [1.54, 1.807) is 13.8 Å². The fourth-order valence-corrected chi connectivity index (χ4v) is 3.82. The number of nitrogens with zero attached hydrogens (tertiary/aromatic N) is 3. The van der Waals surface area contributed by atoms with Gasteiger partial charge in [-0.2, -0.15) is 9.41 Å². The molecular weight excluding hydrogens is 356 g/mol. The number of nitro groups is 1. The van der Waals surface area contributed by atoms with Gasteiger partial charge in [0, 0.05) is 19.2 Å². The van der Waals surface area contributed by atoms with Crippen LogP contribution in [0.2, 0.25) is 0 Å².